The van der Waals surface area contributed by atoms with Gasteiger partial charge in [-0.3, -0.25) is 4.68 Å². The lowest BCUT2D eigenvalue weighted by atomic mass is 10.0. The zero-order chi connectivity index (χ0) is 21.1. The van der Waals surface area contributed by atoms with Crippen LogP contribution in [0.4, 0.5) is 10.3 Å². The number of anilines is 1. The predicted octanol–water partition coefficient (Wildman–Crippen LogP) is 1.61. The molecular formula is C21H19FN8. The van der Waals surface area contributed by atoms with E-state index in [1.165, 1.54) is 12.1 Å². The Kier molecular flexibility index (Phi) is 5.38. The van der Waals surface area contributed by atoms with Crippen LogP contribution in [0.3, 0.4) is 0 Å². The van der Waals surface area contributed by atoms with E-state index in [1.807, 2.05) is 6.07 Å². The Morgan fingerprint density at radius 3 is 2.67 bits per heavy atom. The van der Waals surface area contributed by atoms with Gasteiger partial charge in [0.25, 0.3) is 0 Å². The van der Waals surface area contributed by atoms with Gasteiger partial charge >= 0.3 is 0 Å². The highest BCUT2D eigenvalue weighted by Crippen LogP contribution is 2.26. The standard InChI is InChI=1S/C21H19FN8/c1-29-13-18(27-28-29)5-4-16-12-25-21(30-8-6-17(24)7-9-30)26-20(16)14-2-3-15(11-23)19(22)10-14/h2-3,10,12-13,17H,6-9,24H2,1H3. The summed E-state index contributed by atoms with van der Waals surface area (Å²) >= 11 is 0. The van der Waals surface area contributed by atoms with Crippen molar-refractivity contribution in [1.82, 2.24) is 25.0 Å². The second kappa shape index (κ2) is 8.27. The van der Waals surface area contributed by atoms with Crippen molar-refractivity contribution in [3.05, 3.63) is 53.2 Å². The molecular weight excluding hydrogens is 383 g/mol. The number of rotatable bonds is 2. The lowest BCUT2D eigenvalue weighted by Gasteiger charge is -2.30. The molecule has 1 fully saturated rings. The first-order chi connectivity index (χ1) is 14.5. The molecule has 0 aliphatic carbocycles. The van der Waals surface area contributed by atoms with Gasteiger partial charge in [-0.05, 0) is 30.9 Å². The maximum atomic E-state index is 14.3. The molecule has 2 N–H and O–H groups in total. The number of benzene rings is 1. The third-order valence-corrected chi connectivity index (χ3v) is 4.89. The lowest BCUT2D eigenvalue weighted by molar-refractivity contribution is 0.495. The Balaban J connectivity index is 1.76. The molecule has 0 atom stereocenters. The molecule has 30 heavy (non-hydrogen) atoms. The van der Waals surface area contributed by atoms with Crippen molar-refractivity contribution < 1.29 is 4.39 Å². The molecule has 2 aromatic heterocycles. The van der Waals surface area contributed by atoms with Crippen LogP contribution < -0.4 is 10.6 Å². The van der Waals surface area contributed by atoms with Crippen LogP contribution >= 0.6 is 0 Å². The molecule has 0 unspecified atom stereocenters. The highest BCUT2D eigenvalue weighted by molar-refractivity contribution is 5.69. The minimum atomic E-state index is -0.605. The van der Waals surface area contributed by atoms with Crippen LogP contribution in [0.25, 0.3) is 11.3 Å². The molecule has 0 radical (unpaired) electrons. The van der Waals surface area contributed by atoms with E-state index >= 15 is 0 Å². The average molecular weight is 402 g/mol. The highest BCUT2D eigenvalue weighted by atomic mass is 19.1. The molecule has 4 rings (SSSR count). The Bertz CT molecular complexity index is 1180. The summed E-state index contributed by atoms with van der Waals surface area (Å²) in [7, 11) is 1.76. The van der Waals surface area contributed by atoms with Gasteiger partial charge in [0.1, 0.15) is 11.9 Å². The number of nitriles is 1. The summed E-state index contributed by atoms with van der Waals surface area (Å²) in [4.78, 5) is 11.2. The van der Waals surface area contributed by atoms with Gasteiger partial charge in [0.05, 0.1) is 23.0 Å². The molecule has 1 aromatic carbocycles. The van der Waals surface area contributed by atoms with Gasteiger partial charge in [0.2, 0.25) is 5.95 Å². The first-order valence-electron chi connectivity index (χ1n) is 9.49. The Morgan fingerprint density at radius 2 is 2.00 bits per heavy atom. The highest BCUT2D eigenvalue weighted by Gasteiger charge is 2.20. The Hall–Kier alpha value is -3.82. The average Bonchev–Trinajstić information content (AvgIpc) is 3.18. The van der Waals surface area contributed by atoms with Gasteiger partial charge in [0.15, 0.2) is 5.69 Å². The van der Waals surface area contributed by atoms with Crippen molar-refractivity contribution in [3.63, 3.8) is 0 Å². The first kappa shape index (κ1) is 19.5. The summed E-state index contributed by atoms with van der Waals surface area (Å²) in [5.41, 5.74) is 8.02. The van der Waals surface area contributed by atoms with Gasteiger partial charge < -0.3 is 10.6 Å². The third kappa shape index (κ3) is 4.12. The summed E-state index contributed by atoms with van der Waals surface area (Å²) < 4.78 is 15.8. The third-order valence-electron chi connectivity index (χ3n) is 4.89. The van der Waals surface area contributed by atoms with Crippen LogP contribution in [0.2, 0.25) is 0 Å². The second-order valence-corrected chi connectivity index (χ2v) is 7.09. The SMILES string of the molecule is Cn1cc(C#Cc2cnc(N3CCC(N)CC3)nc2-c2ccc(C#N)c(F)c2)nn1. The van der Waals surface area contributed by atoms with Crippen molar-refractivity contribution in [1.29, 1.82) is 5.26 Å². The van der Waals surface area contributed by atoms with Crippen molar-refractivity contribution >= 4 is 5.95 Å². The van der Waals surface area contributed by atoms with Crippen LogP contribution in [0.15, 0.2) is 30.6 Å². The van der Waals surface area contributed by atoms with Crippen LogP contribution in [-0.4, -0.2) is 44.1 Å². The van der Waals surface area contributed by atoms with Crippen LogP contribution in [0.5, 0.6) is 0 Å². The van der Waals surface area contributed by atoms with Gasteiger partial charge in [0, 0.05) is 37.9 Å². The normalized spacial score (nSPS) is 14.1. The number of piperidine rings is 1. The topological polar surface area (TPSA) is 110 Å². The monoisotopic (exact) mass is 402 g/mol. The summed E-state index contributed by atoms with van der Waals surface area (Å²) in [5.74, 6) is 5.89. The minimum absolute atomic E-state index is 0.0229. The maximum absolute atomic E-state index is 14.3. The molecule has 0 saturated carbocycles. The Labute approximate surface area is 173 Å². The summed E-state index contributed by atoms with van der Waals surface area (Å²) in [6.45, 7) is 1.51. The predicted molar refractivity (Wildman–Crippen MR) is 109 cm³/mol. The molecule has 9 heteroatoms. The smallest absolute Gasteiger partial charge is 0.225 e. The van der Waals surface area contributed by atoms with E-state index in [-0.39, 0.29) is 11.6 Å². The van der Waals surface area contributed by atoms with Crippen molar-refractivity contribution in [2.45, 2.75) is 18.9 Å². The number of aryl methyl sites for hydroxylation is 1. The summed E-state index contributed by atoms with van der Waals surface area (Å²) in [6.07, 6.45) is 5.04. The van der Waals surface area contributed by atoms with Gasteiger partial charge in [-0.1, -0.05) is 17.2 Å². The molecule has 1 aliphatic heterocycles. The molecule has 3 aromatic rings. The van der Waals surface area contributed by atoms with E-state index in [1.54, 1.807) is 30.2 Å². The van der Waals surface area contributed by atoms with E-state index in [0.29, 0.717) is 28.5 Å². The van der Waals surface area contributed by atoms with Crippen LogP contribution in [0, 0.1) is 29.0 Å². The summed E-state index contributed by atoms with van der Waals surface area (Å²) in [6, 6.07) is 6.41. The van der Waals surface area contributed by atoms with E-state index in [9.17, 15) is 4.39 Å². The number of hydrogen-bond acceptors (Lipinski definition) is 7. The number of nitrogens with zero attached hydrogens (tertiary/aromatic N) is 7. The van der Waals surface area contributed by atoms with E-state index in [0.717, 1.165) is 25.9 Å². The quantitative estimate of drug-likeness (QED) is 0.649. The second-order valence-electron chi connectivity index (χ2n) is 7.09. The molecule has 3 heterocycles. The fourth-order valence-corrected chi connectivity index (χ4v) is 3.22. The Morgan fingerprint density at radius 1 is 1.20 bits per heavy atom. The molecule has 150 valence electrons. The van der Waals surface area contributed by atoms with Crippen LogP contribution in [0.1, 0.15) is 29.7 Å². The van der Waals surface area contributed by atoms with Gasteiger partial charge in [-0.15, -0.1) is 5.10 Å². The molecule has 0 bridgehead atoms. The number of aromatic nitrogens is 5. The fraction of sp³-hybridized carbons (Fsp3) is 0.286. The van der Waals surface area contributed by atoms with Crippen molar-refractivity contribution in [2.75, 3.05) is 18.0 Å². The van der Waals surface area contributed by atoms with Crippen LogP contribution in [-0.2, 0) is 7.05 Å². The van der Waals surface area contributed by atoms with Gasteiger partial charge in [-0.25, -0.2) is 14.4 Å². The fourth-order valence-electron chi connectivity index (χ4n) is 3.22. The molecule has 0 spiro atoms. The lowest BCUT2D eigenvalue weighted by Crippen LogP contribution is -2.40. The molecule has 1 saturated heterocycles. The summed E-state index contributed by atoms with van der Waals surface area (Å²) in [5, 5.41) is 16.8. The molecule has 0 amide bonds. The van der Waals surface area contributed by atoms with Crippen molar-refractivity contribution in [3.8, 4) is 29.2 Å². The van der Waals surface area contributed by atoms with Gasteiger partial charge in [-0.2, -0.15) is 5.26 Å². The minimum Gasteiger partial charge on any atom is -0.341 e. The molecule has 1 aliphatic rings. The van der Waals surface area contributed by atoms with E-state index in [2.05, 4.69) is 37.0 Å². The zero-order valence-corrected chi connectivity index (χ0v) is 16.4. The number of halogens is 1. The van der Waals surface area contributed by atoms with E-state index in [4.69, 9.17) is 11.0 Å². The number of nitrogens with two attached hydrogens (primary N) is 1. The van der Waals surface area contributed by atoms with E-state index < -0.39 is 5.82 Å². The number of hydrogen-bond donors (Lipinski definition) is 1. The first-order valence-corrected chi connectivity index (χ1v) is 9.49. The maximum Gasteiger partial charge on any atom is 0.225 e. The largest absolute Gasteiger partial charge is 0.341 e. The zero-order valence-electron chi connectivity index (χ0n) is 16.4. The van der Waals surface area contributed by atoms with Crippen molar-refractivity contribution in [2.24, 2.45) is 12.8 Å². The molecule has 8 nitrogen and oxygen atoms in total.